The molecule has 1 aromatic carbocycles. The van der Waals surface area contributed by atoms with Gasteiger partial charge in [-0.15, -0.1) is 0 Å². The van der Waals surface area contributed by atoms with E-state index in [0.29, 0.717) is 26.1 Å². The van der Waals surface area contributed by atoms with Crippen LogP contribution in [0.25, 0.3) is 0 Å². The van der Waals surface area contributed by atoms with Gasteiger partial charge in [0.05, 0.1) is 18.6 Å². The van der Waals surface area contributed by atoms with Crippen molar-refractivity contribution in [2.75, 3.05) is 37.7 Å². The van der Waals surface area contributed by atoms with Crippen molar-refractivity contribution in [1.29, 1.82) is 0 Å². The van der Waals surface area contributed by atoms with E-state index in [1.807, 2.05) is 41.3 Å². The number of piperidine rings is 1. The number of benzene rings is 1. The van der Waals surface area contributed by atoms with E-state index in [0.717, 1.165) is 37.4 Å². The highest BCUT2D eigenvalue weighted by atomic mass is 19.4. The second kappa shape index (κ2) is 10.6. The fourth-order valence-electron chi connectivity index (χ4n) is 3.81. The predicted octanol–water partition coefficient (Wildman–Crippen LogP) is 2.55. The minimum atomic E-state index is -5.08. The van der Waals surface area contributed by atoms with Crippen LogP contribution in [-0.4, -0.2) is 76.4 Å². The number of rotatable bonds is 3. The van der Waals surface area contributed by atoms with Crippen molar-refractivity contribution in [1.82, 2.24) is 14.9 Å². The van der Waals surface area contributed by atoms with E-state index in [1.54, 1.807) is 12.4 Å². The average molecular weight is 466 g/mol. The Morgan fingerprint density at radius 1 is 1.03 bits per heavy atom. The number of morpholine rings is 1. The van der Waals surface area contributed by atoms with E-state index in [-0.39, 0.29) is 11.5 Å². The summed E-state index contributed by atoms with van der Waals surface area (Å²) < 4.78 is 37.9. The quantitative estimate of drug-likeness (QED) is 0.743. The zero-order valence-corrected chi connectivity index (χ0v) is 17.9. The van der Waals surface area contributed by atoms with Gasteiger partial charge in [-0.05, 0) is 24.5 Å². The van der Waals surface area contributed by atoms with Crippen LogP contribution in [0.4, 0.5) is 19.1 Å². The summed E-state index contributed by atoms with van der Waals surface area (Å²) in [6.07, 6.45) is 0.698. The summed E-state index contributed by atoms with van der Waals surface area (Å²) in [5.41, 5.74) is 0.838. The lowest BCUT2D eigenvalue weighted by molar-refractivity contribution is -0.192. The molecule has 1 spiro atoms. The molecule has 0 aliphatic carbocycles. The summed E-state index contributed by atoms with van der Waals surface area (Å²) in [5.74, 6) is -1.80. The highest BCUT2D eigenvalue weighted by molar-refractivity contribution is 5.79. The topological polar surface area (TPSA) is 95.9 Å². The van der Waals surface area contributed by atoms with Gasteiger partial charge < -0.3 is 19.6 Å². The largest absolute Gasteiger partial charge is 0.490 e. The molecule has 0 unspecified atom stereocenters. The first kappa shape index (κ1) is 24.4. The molecule has 0 bridgehead atoms. The Labute approximate surface area is 189 Å². The number of carboxylic acid groups (broad SMARTS) is 1. The average Bonchev–Trinajstić information content (AvgIpc) is 2.81. The number of aromatic nitrogens is 2. The lowest BCUT2D eigenvalue weighted by atomic mass is 9.89. The molecule has 1 amide bonds. The Bertz CT molecular complexity index is 920. The first-order chi connectivity index (χ1) is 15.7. The number of nitrogens with zero attached hydrogens (tertiary/aromatic N) is 4. The van der Waals surface area contributed by atoms with Gasteiger partial charge >= 0.3 is 12.1 Å². The van der Waals surface area contributed by atoms with Crippen LogP contribution >= 0.6 is 0 Å². The fourth-order valence-corrected chi connectivity index (χ4v) is 3.81. The van der Waals surface area contributed by atoms with E-state index in [1.165, 1.54) is 0 Å². The summed E-state index contributed by atoms with van der Waals surface area (Å²) in [4.78, 5) is 34.5. The van der Waals surface area contributed by atoms with Crippen molar-refractivity contribution < 1.29 is 32.6 Å². The van der Waals surface area contributed by atoms with Gasteiger partial charge in [-0.2, -0.15) is 13.2 Å². The first-order valence-electron chi connectivity index (χ1n) is 10.5. The normalized spacial score (nSPS) is 17.8. The standard InChI is InChI=1S/C20H24N4O2.C2HF3O2/c25-18(15-17-5-2-1-3-6-17)24-13-14-26-20(16-24)7-11-23(12-8-20)19-21-9-4-10-22-19;3-2(4,5)1(6)7/h1-6,9-10H,7-8,11-16H2;(H,6,7). The van der Waals surface area contributed by atoms with Crippen molar-refractivity contribution in [2.24, 2.45) is 0 Å². The number of anilines is 1. The molecule has 2 aliphatic rings. The van der Waals surface area contributed by atoms with Gasteiger partial charge in [-0.1, -0.05) is 30.3 Å². The first-order valence-corrected chi connectivity index (χ1v) is 10.5. The van der Waals surface area contributed by atoms with Crippen LogP contribution in [0.2, 0.25) is 0 Å². The maximum Gasteiger partial charge on any atom is 0.490 e. The number of hydrogen-bond donors (Lipinski definition) is 1. The summed E-state index contributed by atoms with van der Waals surface area (Å²) in [5, 5.41) is 7.12. The van der Waals surface area contributed by atoms with Crippen LogP contribution in [0.5, 0.6) is 0 Å². The van der Waals surface area contributed by atoms with Gasteiger partial charge in [-0.25, -0.2) is 14.8 Å². The minimum absolute atomic E-state index is 0.188. The van der Waals surface area contributed by atoms with Gasteiger partial charge in [0, 0.05) is 38.6 Å². The van der Waals surface area contributed by atoms with Crippen molar-refractivity contribution in [3.05, 3.63) is 54.4 Å². The number of carbonyl (C=O) groups excluding carboxylic acids is 1. The van der Waals surface area contributed by atoms with E-state index in [9.17, 15) is 18.0 Å². The molecular formula is C22H25F3N4O4. The number of hydrogen-bond acceptors (Lipinski definition) is 6. The molecule has 1 N–H and O–H groups in total. The van der Waals surface area contributed by atoms with Crippen LogP contribution in [0.1, 0.15) is 18.4 Å². The van der Waals surface area contributed by atoms with Crippen molar-refractivity contribution >= 4 is 17.8 Å². The van der Waals surface area contributed by atoms with Crippen LogP contribution < -0.4 is 4.90 Å². The predicted molar refractivity (Wildman–Crippen MR) is 113 cm³/mol. The summed E-state index contributed by atoms with van der Waals surface area (Å²) in [7, 11) is 0. The molecular weight excluding hydrogens is 441 g/mol. The molecule has 0 saturated carbocycles. The highest BCUT2D eigenvalue weighted by Crippen LogP contribution is 2.31. The maximum atomic E-state index is 12.7. The van der Waals surface area contributed by atoms with E-state index >= 15 is 0 Å². The number of carbonyl (C=O) groups is 2. The lowest BCUT2D eigenvalue weighted by Crippen LogP contribution is -2.58. The van der Waals surface area contributed by atoms with E-state index in [4.69, 9.17) is 14.6 Å². The Morgan fingerprint density at radius 3 is 2.21 bits per heavy atom. The molecule has 2 saturated heterocycles. The summed E-state index contributed by atoms with van der Waals surface area (Å²) >= 11 is 0. The number of halogens is 3. The number of amides is 1. The van der Waals surface area contributed by atoms with Gasteiger partial charge in [0.25, 0.3) is 0 Å². The molecule has 33 heavy (non-hydrogen) atoms. The molecule has 2 aromatic rings. The molecule has 11 heteroatoms. The molecule has 0 radical (unpaired) electrons. The van der Waals surface area contributed by atoms with E-state index < -0.39 is 12.1 Å². The zero-order valence-electron chi connectivity index (χ0n) is 17.9. The Morgan fingerprint density at radius 2 is 1.64 bits per heavy atom. The second-order valence-corrected chi connectivity index (χ2v) is 7.85. The van der Waals surface area contributed by atoms with Gasteiger partial charge in [0.15, 0.2) is 0 Å². The lowest BCUT2D eigenvalue weighted by Gasteiger charge is -2.47. The third-order valence-electron chi connectivity index (χ3n) is 5.55. The number of alkyl halides is 3. The van der Waals surface area contributed by atoms with Gasteiger partial charge in [-0.3, -0.25) is 4.79 Å². The molecule has 4 rings (SSSR count). The van der Waals surface area contributed by atoms with Crippen molar-refractivity contribution in [3.63, 3.8) is 0 Å². The SMILES string of the molecule is O=C(Cc1ccccc1)N1CCOC2(CCN(c3ncccn3)CC2)C1.O=C(O)C(F)(F)F. The number of carboxylic acids is 1. The van der Waals surface area contributed by atoms with Crippen molar-refractivity contribution in [3.8, 4) is 0 Å². The Balaban J connectivity index is 0.000000383. The Kier molecular flexibility index (Phi) is 7.85. The van der Waals surface area contributed by atoms with Crippen LogP contribution in [0.3, 0.4) is 0 Å². The summed E-state index contributed by atoms with van der Waals surface area (Å²) in [6.45, 7) is 3.68. The van der Waals surface area contributed by atoms with Crippen LogP contribution in [-0.2, 0) is 20.7 Å². The van der Waals surface area contributed by atoms with E-state index in [2.05, 4.69) is 14.9 Å². The Hall–Kier alpha value is -3.21. The molecule has 2 fully saturated rings. The molecule has 8 nitrogen and oxygen atoms in total. The van der Waals surface area contributed by atoms with Gasteiger partial charge in [0.2, 0.25) is 11.9 Å². The second-order valence-electron chi connectivity index (χ2n) is 7.85. The van der Waals surface area contributed by atoms with Crippen LogP contribution in [0.15, 0.2) is 48.8 Å². The molecule has 178 valence electrons. The molecule has 0 atom stereocenters. The molecule has 2 aliphatic heterocycles. The highest BCUT2D eigenvalue weighted by Gasteiger charge is 2.41. The van der Waals surface area contributed by atoms with Gasteiger partial charge in [0.1, 0.15) is 0 Å². The monoisotopic (exact) mass is 466 g/mol. The fraction of sp³-hybridized carbons (Fsp3) is 0.455. The minimum Gasteiger partial charge on any atom is -0.475 e. The number of ether oxygens (including phenoxy) is 1. The maximum absolute atomic E-state index is 12.7. The smallest absolute Gasteiger partial charge is 0.475 e. The third-order valence-corrected chi connectivity index (χ3v) is 5.55. The summed E-state index contributed by atoms with van der Waals surface area (Å²) in [6, 6.07) is 11.8. The van der Waals surface area contributed by atoms with Crippen LogP contribution in [0, 0.1) is 0 Å². The number of aliphatic carboxylic acids is 1. The third kappa shape index (κ3) is 6.88. The van der Waals surface area contributed by atoms with Crippen molar-refractivity contribution in [2.45, 2.75) is 31.0 Å². The molecule has 3 heterocycles. The zero-order chi connectivity index (χ0) is 23.9. The molecule has 1 aromatic heterocycles.